The molecule has 1 aromatic heterocycles. The van der Waals surface area contributed by atoms with Crippen LogP contribution in [0.1, 0.15) is 30.0 Å². The van der Waals surface area contributed by atoms with Gasteiger partial charge in [0.05, 0.1) is 5.69 Å². The van der Waals surface area contributed by atoms with E-state index in [1.54, 1.807) is 11.3 Å². The van der Waals surface area contributed by atoms with Crippen LogP contribution in [0.5, 0.6) is 0 Å². The van der Waals surface area contributed by atoms with Crippen molar-refractivity contribution in [1.82, 2.24) is 10.3 Å². The molecule has 0 bridgehead atoms. The van der Waals surface area contributed by atoms with Gasteiger partial charge < -0.3 is 10.2 Å². The number of para-hydroxylation sites is 1. The molecule has 0 saturated carbocycles. The summed E-state index contributed by atoms with van der Waals surface area (Å²) < 4.78 is 0. The summed E-state index contributed by atoms with van der Waals surface area (Å²) in [6.45, 7) is 8.33. The third-order valence-corrected chi connectivity index (χ3v) is 4.51. The maximum Gasteiger partial charge on any atom is 0.190 e. The number of rotatable bonds is 6. The van der Waals surface area contributed by atoms with Gasteiger partial charge in [0.2, 0.25) is 0 Å². The highest BCUT2D eigenvalue weighted by molar-refractivity contribution is 7.15. The molecule has 2 rings (SSSR count). The molecular formula is C16H23N3S. The van der Waals surface area contributed by atoms with Crippen molar-refractivity contribution in [2.45, 2.75) is 33.7 Å². The average Bonchev–Trinajstić information content (AvgIpc) is 2.85. The topological polar surface area (TPSA) is 28.2 Å². The predicted octanol–water partition coefficient (Wildman–Crippen LogP) is 3.89. The molecule has 1 heterocycles. The summed E-state index contributed by atoms with van der Waals surface area (Å²) in [6, 6.07) is 8.50. The lowest BCUT2D eigenvalue weighted by Crippen LogP contribution is -2.16. The fourth-order valence-electron chi connectivity index (χ4n) is 2.33. The van der Waals surface area contributed by atoms with Gasteiger partial charge in [0.1, 0.15) is 0 Å². The zero-order valence-corrected chi connectivity index (χ0v) is 13.5. The molecule has 4 heteroatoms. The van der Waals surface area contributed by atoms with Crippen LogP contribution in [0.15, 0.2) is 24.3 Å². The highest BCUT2D eigenvalue weighted by Crippen LogP contribution is 2.33. The third kappa shape index (κ3) is 3.02. The zero-order valence-electron chi connectivity index (χ0n) is 12.7. The van der Waals surface area contributed by atoms with E-state index >= 15 is 0 Å². The van der Waals surface area contributed by atoms with E-state index in [9.17, 15) is 0 Å². The normalized spacial score (nSPS) is 10.8. The second-order valence-electron chi connectivity index (χ2n) is 4.78. The first-order valence-electron chi connectivity index (χ1n) is 7.17. The summed E-state index contributed by atoms with van der Waals surface area (Å²) in [5.74, 6) is 0. The smallest absolute Gasteiger partial charge is 0.190 e. The van der Waals surface area contributed by atoms with Crippen LogP contribution in [0.2, 0.25) is 0 Å². The third-order valence-electron chi connectivity index (χ3n) is 3.39. The van der Waals surface area contributed by atoms with Crippen molar-refractivity contribution < 1.29 is 0 Å². The first kappa shape index (κ1) is 15.0. The fourth-order valence-corrected chi connectivity index (χ4v) is 3.57. The lowest BCUT2D eigenvalue weighted by Gasteiger charge is -2.21. The molecular weight excluding hydrogens is 266 g/mol. The van der Waals surface area contributed by atoms with Crippen molar-refractivity contribution in [1.29, 1.82) is 0 Å². The number of benzene rings is 1. The van der Waals surface area contributed by atoms with Crippen molar-refractivity contribution >= 4 is 22.2 Å². The van der Waals surface area contributed by atoms with Gasteiger partial charge in [0.25, 0.3) is 0 Å². The maximum absolute atomic E-state index is 4.84. The molecule has 20 heavy (non-hydrogen) atoms. The van der Waals surface area contributed by atoms with Crippen LogP contribution in [0.25, 0.3) is 0 Å². The Labute approximate surface area is 125 Å². The minimum absolute atomic E-state index is 0.895. The van der Waals surface area contributed by atoms with E-state index in [0.717, 1.165) is 24.6 Å². The minimum Gasteiger partial charge on any atom is -0.318 e. The molecule has 108 valence electrons. The summed E-state index contributed by atoms with van der Waals surface area (Å²) in [5.41, 5.74) is 3.76. The van der Waals surface area contributed by atoms with Crippen LogP contribution in [-0.2, 0) is 13.0 Å². The van der Waals surface area contributed by atoms with Crippen molar-refractivity contribution in [2.75, 3.05) is 18.5 Å². The SMILES string of the molecule is CCc1nc(N(CC)c2ccccc2C)sc1CNC. The molecule has 0 fully saturated rings. The van der Waals surface area contributed by atoms with E-state index in [2.05, 4.69) is 55.3 Å². The van der Waals surface area contributed by atoms with Crippen LogP contribution >= 0.6 is 11.3 Å². The maximum atomic E-state index is 4.84. The Bertz CT molecular complexity index is 563. The van der Waals surface area contributed by atoms with Crippen LogP contribution in [0.4, 0.5) is 10.8 Å². The van der Waals surface area contributed by atoms with Gasteiger partial charge in [-0.2, -0.15) is 0 Å². The molecule has 2 aromatic rings. The average molecular weight is 289 g/mol. The van der Waals surface area contributed by atoms with Crippen LogP contribution in [0, 0.1) is 6.92 Å². The van der Waals surface area contributed by atoms with E-state index in [4.69, 9.17) is 4.98 Å². The number of hydrogen-bond donors (Lipinski definition) is 1. The molecule has 0 saturated heterocycles. The molecule has 0 spiro atoms. The van der Waals surface area contributed by atoms with Crippen LogP contribution in [-0.4, -0.2) is 18.6 Å². The molecule has 0 aliphatic rings. The molecule has 1 aromatic carbocycles. The first-order chi connectivity index (χ1) is 9.71. The monoisotopic (exact) mass is 289 g/mol. The fraction of sp³-hybridized carbons (Fsp3) is 0.438. The molecule has 0 unspecified atom stereocenters. The standard InChI is InChI=1S/C16H23N3S/c1-5-13-15(11-17-4)20-16(18-13)19(6-2)14-10-8-7-9-12(14)3/h7-10,17H,5-6,11H2,1-4H3. The van der Waals surface area contributed by atoms with Gasteiger partial charge in [0, 0.05) is 23.7 Å². The highest BCUT2D eigenvalue weighted by atomic mass is 32.1. The molecule has 0 radical (unpaired) electrons. The van der Waals surface area contributed by atoms with Gasteiger partial charge in [-0.25, -0.2) is 4.98 Å². The number of hydrogen-bond acceptors (Lipinski definition) is 4. The molecule has 0 amide bonds. The molecule has 1 N–H and O–H groups in total. The molecule has 3 nitrogen and oxygen atoms in total. The predicted molar refractivity (Wildman–Crippen MR) is 88.1 cm³/mol. The Morgan fingerprint density at radius 2 is 2.00 bits per heavy atom. The van der Waals surface area contributed by atoms with Crippen molar-refractivity contribution in [3.8, 4) is 0 Å². The lowest BCUT2D eigenvalue weighted by atomic mass is 10.2. The Hall–Kier alpha value is -1.39. The Balaban J connectivity index is 2.39. The van der Waals surface area contributed by atoms with Crippen LogP contribution in [0.3, 0.4) is 0 Å². The van der Waals surface area contributed by atoms with E-state index in [-0.39, 0.29) is 0 Å². The largest absolute Gasteiger partial charge is 0.318 e. The van der Waals surface area contributed by atoms with E-state index in [1.807, 2.05) is 7.05 Å². The van der Waals surface area contributed by atoms with E-state index < -0.39 is 0 Å². The number of nitrogens with one attached hydrogen (secondary N) is 1. The summed E-state index contributed by atoms with van der Waals surface area (Å²) in [6.07, 6.45) is 0.985. The first-order valence-corrected chi connectivity index (χ1v) is 7.99. The van der Waals surface area contributed by atoms with E-state index in [0.29, 0.717) is 0 Å². The van der Waals surface area contributed by atoms with Gasteiger partial charge in [-0.15, -0.1) is 0 Å². The highest BCUT2D eigenvalue weighted by Gasteiger charge is 2.16. The number of anilines is 2. The molecule has 0 atom stereocenters. The number of thiazole rings is 1. The lowest BCUT2D eigenvalue weighted by molar-refractivity contribution is 0.814. The number of nitrogens with zero attached hydrogens (tertiary/aromatic N) is 2. The van der Waals surface area contributed by atoms with Gasteiger partial charge >= 0.3 is 0 Å². The second-order valence-corrected chi connectivity index (χ2v) is 5.84. The van der Waals surface area contributed by atoms with Gasteiger partial charge in [-0.3, -0.25) is 0 Å². The van der Waals surface area contributed by atoms with Crippen molar-refractivity contribution in [3.05, 3.63) is 40.4 Å². The van der Waals surface area contributed by atoms with Gasteiger partial charge in [0.15, 0.2) is 5.13 Å². The van der Waals surface area contributed by atoms with Crippen molar-refractivity contribution in [2.24, 2.45) is 0 Å². The Morgan fingerprint density at radius 3 is 2.60 bits per heavy atom. The van der Waals surface area contributed by atoms with E-state index in [1.165, 1.54) is 21.8 Å². The number of aromatic nitrogens is 1. The minimum atomic E-state index is 0.895. The number of aryl methyl sites for hydroxylation is 2. The summed E-state index contributed by atoms with van der Waals surface area (Å²) in [5, 5.41) is 4.33. The quantitative estimate of drug-likeness (QED) is 0.874. The summed E-state index contributed by atoms with van der Waals surface area (Å²) in [7, 11) is 1.98. The zero-order chi connectivity index (χ0) is 14.5. The summed E-state index contributed by atoms with van der Waals surface area (Å²) in [4.78, 5) is 8.49. The van der Waals surface area contributed by atoms with Gasteiger partial charge in [-0.1, -0.05) is 36.5 Å². The summed E-state index contributed by atoms with van der Waals surface area (Å²) >= 11 is 1.80. The van der Waals surface area contributed by atoms with Gasteiger partial charge in [-0.05, 0) is 38.9 Å². The molecule has 0 aliphatic carbocycles. The van der Waals surface area contributed by atoms with Crippen LogP contribution < -0.4 is 10.2 Å². The Kier molecular flexibility index (Phi) is 5.15. The molecule has 0 aliphatic heterocycles. The van der Waals surface area contributed by atoms with Crippen molar-refractivity contribution in [3.63, 3.8) is 0 Å². The second kappa shape index (κ2) is 6.86. The Morgan fingerprint density at radius 1 is 1.25 bits per heavy atom.